The molecule has 1 aliphatic rings. The average Bonchev–Trinajstić information content (AvgIpc) is 3.36. The number of halogens is 3. The Balaban J connectivity index is 1.52. The third kappa shape index (κ3) is 9.42. The van der Waals surface area contributed by atoms with Crippen LogP contribution in [0.4, 0.5) is 18.9 Å². The van der Waals surface area contributed by atoms with Crippen molar-refractivity contribution in [2.75, 3.05) is 25.0 Å². The zero-order chi connectivity index (χ0) is 30.2. The Morgan fingerprint density at radius 3 is 2.20 bits per heavy atom. The highest BCUT2D eigenvalue weighted by molar-refractivity contribution is 6.00. The quantitative estimate of drug-likeness (QED) is 0.141. The Morgan fingerprint density at radius 1 is 1.07 bits per heavy atom. The smallest absolute Gasteiger partial charge is 0.391 e. The zero-order valence-corrected chi connectivity index (χ0v) is 22.3. The van der Waals surface area contributed by atoms with Gasteiger partial charge < -0.3 is 15.7 Å². The van der Waals surface area contributed by atoms with Crippen LogP contribution in [0.3, 0.4) is 0 Å². The molecule has 3 amide bonds. The third-order valence-electron chi connectivity index (χ3n) is 6.22. The number of nitrogens with zero attached hydrogens (tertiary/aromatic N) is 2. The van der Waals surface area contributed by atoms with Gasteiger partial charge in [0.1, 0.15) is 0 Å². The second kappa shape index (κ2) is 13.9. The second-order valence-corrected chi connectivity index (χ2v) is 9.52. The highest BCUT2D eigenvalue weighted by Crippen LogP contribution is 2.17. The summed E-state index contributed by atoms with van der Waals surface area (Å²) in [5.74, 6) is 2.92. The van der Waals surface area contributed by atoms with Gasteiger partial charge in [-0.05, 0) is 62.2 Å². The number of aliphatic hydroxyl groups excluding tert-OH is 1. The van der Waals surface area contributed by atoms with E-state index in [1.807, 2.05) is 5.32 Å². The van der Waals surface area contributed by atoms with E-state index in [-0.39, 0.29) is 19.0 Å². The number of hydrogen-bond donors (Lipinski definition) is 5. The normalized spacial score (nSPS) is 17.1. The molecular formula is C28H30F3N5O5. The van der Waals surface area contributed by atoms with E-state index in [0.29, 0.717) is 35.5 Å². The van der Waals surface area contributed by atoms with Crippen LogP contribution in [0.15, 0.2) is 53.5 Å². The van der Waals surface area contributed by atoms with Crippen LogP contribution in [0.25, 0.3) is 0 Å². The number of alkyl halides is 3. The van der Waals surface area contributed by atoms with Crippen LogP contribution in [-0.2, 0) is 14.4 Å². The molecule has 0 unspecified atom stereocenters. The number of hydroxylamine groups is 1. The first kappa shape index (κ1) is 31.3. The highest BCUT2D eigenvalue weighted by Gasteiger charge is 2.40. The molecule has 2 aromatic rings. The van der Waals surface area contributed by atoms with Gasteiger partial charge in [0, 0.05) is 41.7 Å². The summed E-state index contributed by atoms with van der Waals surface area (Å²) in [6, 6.07) is 12.1. The van der Waals surface area contributed by atoms with Crippen LogP contribution in [0.2, 0.25) is 0 Å². The van der Waals surface area contributed by atoms with E-state index >= 15 is 0 Å². The summed E-state index contributed by atoms with van der Waals surface area (Å²) in [7, 11) is 0. The highest BCUT2D eigenvalue weighted by atomic mass is 19.4. The fourth-order valence-corrected chi connectivity index (χ4v) is 4.08. The summed E-state index contributed by atoms with van der Waals surface area (Å²) in [5.41, 5.74) is 4.65. The molecule has 0 saturated carbocycles. The van der Waals surface area contributed by atoms with Crippen LogP contribution in [0, 0.1) is 11.8 Å². The molecule has 2 aromatic carbocycles. The molecule has 0 spiro atoms. The van der Waals surface area contributed by atoms with Crippen molar-refractivity contribution in [2.24, 2.45) is 4.99 Å². The fourth-order valence-electron chi connectivity index (χ4n) is 4.08. The lowest BCUT2D eigenvalue weighted by atomic mass is 10.1. The van der Waals surface area contributed by atoms with E-state index in [2.05, 4.69) is 22.2 Å². The predicted octanol–water partition coefficient (Wildman–Crippen LogP) is 1.84. The number of carbonyl (C=O) groups excluding carboxylic acids is 3. The molecule has 5 N–H and O–H groups in total. The molecule has 41 heavy (non-hydrogen) atoms. The fraction of sp³-hybridized carbons (Fsp3) is 0.357. The van der Waals surface area contributed by atoms with Crippen LogP contribution in [-0.4, -0.2) is 82.6 Å². The van der Waals surface area contributed by atoms with Crippen LogP contribution >= 0.6 is 0 Å². The molecule has 10 nitrogen and oxygen atoms in total. The monoisotopic (exact) mass is 573 g/mol. The summed E-state index contributed by atoms with van der Waals surface area (Å²) in [6.45, 7) is 3.60. The molecular weight excluding hydrogens is 543 g/mol. The molecule has 0 aliphatic carbocycles. The maximum Gasteiger partial charge on any atom is 0.471 e. The van der Waals surface area contributed by atoms with Crippen molar-refractivity contribution in [3.05, 3.63) is 65.2 Å². The molecule has 218 valence electrons. The topological polar surface area (TPSA) is 143 Å². The largest absolute Gasteiger partial charge is 0.471 e. The van der Waals surface area contributed by atoms with Gasteiger partial charge in [0.05, 0.1) is 12.6 Å². The molecule has 1 heterocycles. The van der Waals surface area contributed by atoms with Crippen LogP contribution < -0.4 is 16.1 Å². The minimum atomic E-state index is -4.94. The summed E-state index contributed by atoms with van der Waals surface area (Å²) in [4.78, 5) is 41.0. The van der Waals surface area contributed by atoms with E-state index in [1.54, 1.807) is 60.4 Å². The number of anilines is 1. The van der Waals surface area contributed by atoms with E-state index in [9.17, 15) is 32.7 Å². The molecule has 0 bridgehead atoms. The maximum absolute atomic E-state index is 12.4. The predicted molar refractivity (Wildman–Crippen MR) is 144 cm³/mol. The lowest BCUT2D eigenvalue weighted by Gasteiger charge is -2.17. The van der Waals surface area contributed by atoms with Crippen LogP contribution in [0.5, 0.6) is 0 Å². The number of hydrogen-bond acceptors (Lipinski definition) is 7. The molecule has 1 fully saturated rings. The van der Waals surface area contributed by atoms with Gasteiger partial charge in [0.25, 0.3) is 5.91 Å². The van der Waals surface area contributed by atoms with Gasteiger partial charge in [0.2, 0.25) is 5.91 Å². The molecule has 3 rings (SSSR count). The van der Waals surface area contributed by atoms with Gasteiger partial charge in [-0.3, -0.25) is 29.5 Å². The minimum Gasteiger partial charge on any atom is -0.391 e. The second-order valence-electron chi connectivity index (χ2n) is 9.52. The van der Waals surface area contributed by atoms with Gasteiger partial charge in [-0.15, -0.1) is 0 Å². The van der Waals surface area contributed by atoms with Crippen LogP contribution in [0.1, 0.15) is 37.0 Å². The standard InChI is InChI=1S/C28H30F3N5O5/c1-17(32-25(18(2)37)26(39)35-41)21-9-5-19(6-10-21)3-4-20-7-11-22(12-8-20)33-24(38)16-36-14-13-23(15-36)34-27(40)28(29,30)31/h5-12,18,23,25,37,41H,13-16H2,1-2H3,(H,33,38)(H,34,40)(H,35,39)/t18-,23-,25+/m1/s1. The van der Waals surface area contributed by atoms with Gasteiger partial charge in [-0.1, -0.05) is 24.0 Å². The van der Waals surface area contributed by atoms with E-state index < -0.39 is 36.2 Å². The lowest BCUT2D eigenvalue weighted by Crippen LogP contribution is -2.44. The molecule has 13 heteroatoms. The van der Waals surface area contributed by atoms with E-state index in [1.165, 1.54) is 12.4 Å². The number of nitrogens with one attached hydrogen (secondary N) is 3. The van der Waals surface area contributed by atoms with Gasteiger partial charge in [-0.2, -0.15) is 13.2 Å². The first-order chi connectivity index (χ1) is 19.3. The Kier molecular flexibility index (Phi) is 10.6. The van der Waals surface area contributed by atoms with Crippen molar-refractivity contribution in [3.63, 3.8) is 0 Å². The lowest BCUT2D eigenvalue weighted by molar-refractivity contribution is -0.174. The van der Waals surface area contributed by atoms with Gasteiger partial charge in [0.15, 0.2) is 6.04 Å². The van der Waals surface area contributed by atoms with Crippen molar-refractivity contribution in [3.8, 4) is 11.8 Å². The Bertz CT molecular complexity index is 1330. The van der Waals surface area contributed by atoms with Gasteiger partial charge in [-0.25, -0.2) is 5.48 Å². The van der Waals surface area contributed by atoms with Crippen molar-refractivity contribution >= 4 is 29.1 Å². The minimum absolute atomic E-state index is 0.0194. The summed E-state index contributed by atoms with van der Waals surface area (Å²) in [6.07, 6.45) is -5.70. The zero-order valence-electron chi connectivity index (χ0n) is 22.3. The first-order valence-corrected chi connectivity index (χ1v) is 12.6. The number of rotatable bonds is 8. The molecule has 3 atom stereocenters. The maximum atomic E-state index is 12.4. The molecule has 0 aromatic heterocycles. The number of benzene rings is 2. The van der Waals surface area contributed by atoms with Crippen molar-refractivity contribution in [1.82, 2.24) is 15.7 Å². The molecule has 0 radical (unpaired) electrons. The van der Waals surface area contributed by atoms with Crippen molar-refractivity contribution in [1.29, 1.82) is 0 Å². The SMILES string of the molecule is CC(=N[C@H](C(=O)NO)[C@@H](C)O)c1ccc(C#Cc2ccc(NC(=O)CN3CC[C@@H](NC(=O)C(F)(F)F)C3)cc2)cc1. The molecule has 1 saturated heterocycles. The third-order valence-corrected chi connectivity index (χ3v) is 6.22. The van der Waals surface area contributed by atoms with Crippen molar-refractivity contribution < 1.29 is 37.9 Å². The number of aliphatic imine (C=N–C) groups is 1. The summed E-state index contributed by atoms with van der Waals surface area (Å²) >= 11 is 0. The summed E-state index contributed by atoms with van der Waals surface area (Å²) in [5, 5.41) is 23.2. The Morgan fingerprint density at radius 2 is 1.66 bits per heavy atom. The number of amides is 3. The van der Waals surface area contributed by atoms with E-state index in [4.69, 9.17) is 5.21 Å². The number of likely N-dealkylation sites (tertiary alicyclic amines) is 1. The Labute approximate surface area is 234 Å². The van der Waals surface area contributed by atoms with Gasteiger partial charge >= 0.3 is 12.1 Å². The van der Waals surface area contributed by atoms with Crippen molar-refractivity contribution in [2.45, 2.75) is 44.6 Å². The first-order valence-electron chi connectivity index (χ1n) is 12.6. The summed E-state index contributed by atoms with van der Waals surface area (Å²) < 4.78 is 37.2. The molecule has 1 aliphatic heterocycles. The Hall–Kier alpha value is -4.25. The number of aliphatic hydroxyl groups is 1. The number of carbonyl (C=O) groups is 3. The average molecular weight is 574 g/mol. The van der Waals surface area contributed by atoms with E-state index in [0.717, 1.165) is 5.56 Å².